The first kappa shape index (κ1) is 30.6. The molecule has 0 fully saturated rings. The standard InChI is InChI=1S/C49H34N4/c1-5-15-35(16-6-1)37-31-38(36-17-7-2-8-18-36)33-43(32-37)51-34-46-47(50-51)30-29-45-44-23-13-14-24-48(44)53(49(45)46)42-27-25-41(26-28-42)52(39-19-9-3-10-20-39)40-21-11-4-12-22-40/h1-34H. The summed E-state index contributed by atoms with van der Waals surface area (Å²) in [7, 11) is 0. The van der Waals surface area contributed by atoms with Crippen LogP contribution in [-0.4, -0.2) is 14.3 Å². The van der Waals surface area contributed by atoms with Crippen molar-refractivity contribution in [2.24, 2.45) is 0 Å². The van der Waals surface area contributed by atoms with Gasteiger partial charge in [-0.3, -0.25) is 0 Å². The predicted octanol–water partition coefficient (Wildman–Crippen LogP) is 12.9. The second-order valence-corrected chi connectivity index (χ2v) is 13.3. The molecule has 2 aromatic heterocycles. The lowest BCUT2D eigenvalue weighted by molar-refractivity contribution is 0.897. The smallest absolute Gasteiger partial charge is 0.0949 e. The maximum Gasteiger partial charge on any atom is 0.0949 e. The van der Waals surface area contributed by atoms with Gasteiger partial charge in [-0.05, 0) is 107 Å². The van der Waals surface area contributed by atoms with Crippen molar-refractivity contribution in [1.82, 2.24) is 14.3 Å². The average Bonchev–Trinajstić information content (AvgIpc) is 3.83. The fourth-order valence-electron chi connectivity index (χ4n) is 7.64. The molecule has 0 aliphatic heterocycles. The number of rotatable bonds is 7. The lowest BCUT2D eigenvalue weighted by Gasteiger charge is -2.25. The van der Waals surface area contributed by atoms with E-state index in [4.69, 9.17) is 5.10 Å². The zero-order valence-corrected chi connectivity index (χ0v) is 28.9. The summed E-state index contributed by atoms with van der Waals surface area (Å²) in [5.41, 5.74) is 13.3. The molecule has 0 radical (unpaired) electrons. The molecule has 4 nitrogen and oxygen atoms in total. The van der Waals surface area contributed by atoms with Crippen LogP contribution in [0, 0.1) is 0 Å². The Hall–Kier alpha value is -7.17. The maximum absolute atomic E-state index is 5.21. The van der Waals surface area contributed by atoms with Gasteiger partial charge in [0.2, 0.25) is 0 Å². The van der Waals surface area contributed by atoms with Crippen LogP contribution in [0.3, 0.4) is 0 Å². The second kappa shape index (κ2) is 12.9. The minimum Gasteiger partial charge on any atom is -0.311 e. The van der Waals surface area contributed by atoms with E-state index in [9.17, 15) is 0 Å². The molecule has 10 aromatic rings. The van der Waals surface area contributed by atoms with E-state index >= 15 is 0 Å². The Morgan fingerprint density at radius 2 is 0.906 bits per heavy atom. The van der Waals surface area contributed by atoms with Gasteiger partial charge in [0.05, 0.1) is 22.2 Å². The average molecular weight is 679 g/mol. The number of benzene rings is 8. The van der Waals surface area contributed by atoms with E-state index in [0.717, 1.165) is 61.5 Å². The number of fused-ring (bicyclic) bond motifs is 5. The first-order valence-corrected chi connectivity index (χ1v) is 18.0. The Labute approximate surface area is 308 Å². The van der Waals surface area contributed by atoms with E-state index < -0.39 is 0 Å². The lowest BCUT2D eigenvalue weighted by atomic mass is 9.98. The Bertz CT molecular complexity index is 2760. The molecule has 10 rings (SSSR count). The third-order valence-corrected chi connectivity index (χ3v) is 10.1. The van der Waals surface area contributed by atoms with E-state index in [1.807, 2.05) is 4.68 Å². The maximum atomic E-state index is 5.21. The van der Waals surface area contributed by atoms with Gasteiger partial charge in [-0.15, -0.1) is 0 Å². The van der Waals surface area contributed by atoms with Crippen molar-refractivity contribution in [3.63, 3.8) is 0 Å². The molecule has 0 aliphatic carbocycles. The Balaban J connectivity index is 1.14. The first-order valence-electron chi connectivity index (χ1n) is 18.0. The molecule has 0 unspecified atom stereocenters. The van der Waals surface area contributed by atoms with Crippen molar-refractivity contribution >= 4 is 49.8 Å². The molecule has 8 aromatic carbocycles. The molecule has 2 heterocycles. The molecule has 0 spiro atoms. The number of nitrogens with zero attached hydrogens (tertiary/aromatic N) is 4. The minimum atomic E-state index is 0.948. The molecular formula is C49H34N4. The highest BCUT2D eigenvalue weighted by atomic mass is 15.3. The van der Waals surface area contributed by atoms with Crippen LogP contribution in [0.2, 0.25) is 0 Å². The highest BCUT2D eigenvalue weighted by Crippen LogP contribution is 2.39. The van der Waals surface area contributed by atoms with E-state index in [0.29, 0.717) is 0 Å². The van der Waals surface area contributed by atoms with Gasteiger partial charge in [0, 0.05) is 45.1 Å². The van der Waals surface area contributed by atoms with Crippen LogP contribution in [-0.2, 0) is 0 Å². The van der Waals surface area contributed by atoms with Gasteiger partial charge in [0.15, 0.2) is 0 Å². The summed E-state index contributed by atoms with van der Waals surface area (Å²) in [4.78, 5) is 2.30. The van der Waals surface area contributed by atoms with Gasteiger partial charge in [0.25, 0.3) is 0 Å². The molecule has 0 N–H and O–H groups in total. The summed E-state index contributed by atoms with van der Waals surface area (Å²) in [6.07, 6.45) is 2.20. The number of hydrogen-bond donors (Lipinski definition) is 0. The normalized spacial score (nSPS) is 11.4. The van der Waals surface area contributed by atoms with Crippen molar-refractivity contribution in [3.8, 4) is 33.6 Å². The third-order valence-electron chi connectivity index (χ3n) is 10.1. The van der Waals surface area contributed by atoms with E-state index in [2.05, 4.69) is 216 Å². The van der Waals surface area contributed by atoms with Gasteiger partial charge in [-0.25, -0.2) is 4.68 Å². The van der Waals surface area contributed by atoms with Crippen LogP contribution in [0.1, 0.15) is 0 Å². The summed E-state index contributed by atoms with van der Waals surface area (Å²) in [6.45, 7) is 0. The molecule has 0 aliphatic rings. The summed E-state index contributed by atoms with van der Waals surface area (Å²) in [5, 5.41) is 8.73. The van der Waals surface area contributed by atoms with E-state index in [1.165, 1.54) is 21.9 Å². The number of aromatic nitrogens is 3. The van der Waals surface area contributed by atoms with Crippen LogP contribution in [0.4, 0.5) is 17.1 Å². The number of hydrogen-bond acceptors (Lipinski definition) is 2. The summed E-state index contributed by atoms with van der Waals surface area (Å²) in [5.74, 6) is 0. The summed E-state index contributed by atoms with van der Waals surface area (Å²) < 4.78 is 4.44. The lowest BCUT2D eigenvalue weighted by Crippen LogP contribution is -2.09. The molecule has 0 saturated heterocycles. The largest absolute Gasteiger partial charge is 0.311 e. The van der Waals surface area contributed by atoms with Gasteiger partial charge in [-0.1, -0.05) is 115 Å². The van der Waals surface area contributed by atoms with E-state index in [1.54, 1.807) is 0 Å². The molecule has 0 amide bonds. The molecule has 53 heavy (non-hydrogen) atoms. The minimum absolute atomic E-state index is 0.948. The number of anilines is 3. The second-order valence-electron chi connectivity index (χ2n) is 13.3. The highest BCUT2D eigenvalue weighted by Gasteiger charge is 2.19. The molecule has 0 saturated carbocycles. The first-order chi connectivity index (χ1) is 26.3. The van der Waals surface area contributed by atoms with Crippen LogP contribution in [0.5, 0.6) is 0 Å². The van der Waals surface area contributed by atoms with E-state index in [-0.39, 0.29) is 0 Å². The Morgan fingerprint density at radius 1 is 0.377 bits per heavy atom. The van der Waals surface area contributed by atoms with Crippen LogP contribution < -0.4 is 4.90 Å². The quantitative estimate of drug-likeness (QED) is 0.168. The molecule has 250 valence electrons. The van der Waals surface area contributed by atoms with Gasteiger partial charge in [-0.2, -0.15) is 5.10 Å². The fourth-order valence-corrected chi connectivity index (χ4v) is 7.64. The fraction of sp³-hybridized carbons (Fsp3) is 0. The number of para-hydroxylation sites is 3. The van der Waals surface area contributed by atoms with Crippen molar-refractivity contribution in [2.75, 3.05) is 4.90 Å². The van der Waals surface area contributed by atoms with Crippen molar-refractivity contribution in [2.45, 2.75) is 0 Å². The van der Waals surface area contributed by atoms with Gasteiger partial charge in [0.1, 0.15) is 0 Å². The highest BCUT2D eigenvalue weighted by molar-refractivity contribution is 6.18. The van der Waals surface area contributed by atoms with Gasteiger partial charge >= 0.3 is 0 Å². The molecule has 0 atom stereocenters. The summed E-state index contributed by atoms with van der Waals surface area (Å²) >= 11 is 0. The van der Waals surface area contributed by atoms with Gasteiger partial charge < -0.3 is 9.47 Å². The monoisotopic (exact) mass is 678 g/mol. The topological polar surface area (TPSA) is 26.0 Å². The summed E-state index contributed by atoms with van der Waals surface area (Å²) in [6, 6.07) is 71.0. The van der Waals surface area contributed by atoms with Crippen molar-refractivity contribution in [1.29, 1.82) is 0 Å². The zero-order chi connectivity index (χ0) is 35.1. The van der Waals surface area contributed by atoms with Crippen LogP contribution in [0.25, 0.3) is 66.3 Å². The molecular weight excluding hydrogens is 645 g/mol. The molecule has 4 heteroatoms. The molecule has 0 bridgehead atoms. The predicted molar refractivity (Wildman–Crippen MR) is 221 cm³/mol. The Morgan fingerprint density at radius 3 is 1.51 bits per heavy atom. The zero-order valence-electron chi connectivity index (χ0n) is 28.9. The van der Waals surface area contributed by atoms with Crippen LogP contribution >= 0.6 is 0 Å². The Kier molecular flexibility index (Phi) is 7.43. The van der Waals surface area contributed by atoms with Crippen LogP contribution in [0.15, 0.2) is 206 Å². The SMILES string of the molecule is c1ccc(-c2cc(-c3ccccc3)cc(-n3cc4c(ccc5c6ccccc6n(-c6ccc(N(c7ccccc7)c7ccccc7)cc6)c45)n3)c2)cc1. The van der Waals surface area contributed by atoms with Crippen molar-refractivity contribution < 1.29 is 0 Å². The third kappa shape index (κ3) is 5.45. The van der Waals surface area contributed by atoms with Crippen molar-refractivity contribution in [3.05, 3.63) is 206 Å².